The lowest BCUT2D eigenvalue weighted by molar-refractivity contribution is -0.112. The molecule has 1 amide bonds. The van der Waals surface area contributed by atoms with E-state index in [1.54, 1.807) is 25.1 Å². The van der Waals surface area contributed by atoms with E-state index in [-0.39, 0.29) is 22.9 Å². The molecule has 1 aliphatic heterocycles. The molecule has 1 heterocycles. The fourth-order valence-corrected chi connectivity index (χ4v) is 3.30. The molecule has 2 N–H and O–H groups in total. The van der Waals surface area contributed by atoms with Crippen molar-refractivity contribution in [1.29, 1.82) is 0 Å². The largest absolute Gasteiger partial charge is 0.383 e. The van der Waals surface area contributed by atoms with Gasteiger partial charge in [-0.1, -0.05) is 18.2 Å². The van der Waals surface area contributed by atoms with Crippen molar-refractivity contribution in [3.05, 3.63) is 65.0 Å². The van der Waals surface area contributed by atoms with E-state index in [4.69, 9.17) is 0 Å². The Hall–Kier alpha value is -2.95. The lowest BCUT2D eigenvalue weighted by atomic mass is 9.97. The summed E-state index contributed by atoms with van der Waals surface area (Å²) in [6.45, 7) is 2.28. The zero-order chi connectivity index (χ0) is 17.6. The molecule has 0 radical (unpaired) electrons. The van der Waals surface area contributed by atoms with E-state index in [1.165, 1.54) is 12.1 Å². The average molecular weight is 336 g/mol. The number of amides is 1. The highest BCUT2D eigenvalue weighted by Crippen LogP contribution is 2.51. The Morgan fingerprint density at radius 2 is 2.12 bits per heavy atom. The van der Waals surface area contributed by atoms with Crippen LogP contribution in [0, 0.1) is 12.7 Å². The maximum atomic E-state index is 13.5. The number of carbonyl (C=O) groups excluding carboxylic acids is 2. The van der Waals surface area contributed by atoms with Crippen LogP contribution in [0.25, 0.3) is 6.08 Å². The minimum Gasteiger partial charge on any atom is -0.383 e. The van der Waals surface area contributed by atoms with Crippen molar-refractivity contribution in [1.82, 2.24) is 0 Å². The van der Waals surface area contributed by atoms with Gasteiger partial charge in [-0.2, -0.15) is 0 Å². The number of nitrogens with one attached hydrogen (secondary N) is 2. The Balaban J connectivity index is 1.48. The minimum atomic E-state index is -0.352. The zero-order valence-electron chi connectivity index (χ0n) is 13.7. The van der Waals surface area contributed by atoms with Crippen LogP contribution < -0.4 is 10.6 Å². The van der Waals surface area contributed by atoms with Crippen molar-refractivity contribution >= 4 is 29.1 Å². The van der Waals surface area contributed by atoms with Gasteiger partial charge in [-0.3, -0.25) is 9.59 Å². The highest BCUT2D eigenvalue weighted by atomic mass is 19.1. The van der Waals surface area contributed by atoms with Crippen LogP contribution in [-0.2, 0) is 15.0 Å². The Labute approximate surface area is 144 Å². The van der Waals surface area contributed by atoms with E-state index in [9.17, 15) is 14.0 Å². The number of rotatable bonds is 3. The molecule has 1 unspecified atom stereocenters. The van der Waals surface area contributed by atoms with E-state index in [0.717, 1.165) is 16.8 Å². The van der Waals surface area contributed by atoms with Crippen LogP contribution >= 0.6 is 0 Å². The summed E-state index contributed by atoms with van der Waals surface area (Å²) in [6.07, 6.45) is 3.72. The number of halogens is 1. The highest BCUT2D eigenvalue weighted by molar-refractivity contribution is 6.09. The Kier molecular flexibility index (Phi) is 3.46. The number of fused-ring (bicyclic) bond motifs is 2. The van der Waals surface area contributed by atoms with Crippen LogP contribution in [0.1, 0.15) is 23.1 Å². The minimum absolute atomic E-state index is 0.284. The number of benzene rings is 2. The third kappa shape index (κ3) is 2.61. The van der Waals surface area contributed by atoms with Gasteiger partial charge in [0.05, 0.1) is 5.41 Å². The number of ketones is 1. The topological polar surface area (TPSA) is 58.2 Å². The number of hydrogen-bond donors (Lipinski definition) is 2. The monoisotopic (exact) mass is 336 g/mol. The molecule has 1 spiro atoms. The molecule has 2 aromatic carbocycles. The smallest absolute Gasteiger partial charge is 0.248 e. The summed E-state index contributed by atoms with van der Waals surface area (Å²) in [4.78, 5) is 23.7. The Morgan fingerprint density at radius 3 is 2.88 bits per heavy atom. The molecule has 4 rings (SSSR count). The summed E-state index contributed by atoms with van der Waals surface area (Å²) in [6, 6.07) is 10.4. The molecule has 25 heavy (non-hydrogen) atoms. The normalized spacial score (nSPS) is 20.6. The summed E-state index contributed by atoms with van der Waals surface area (Å²) in [5.41, 5.74) is 3.43. The van der Waals surface area contributed by atoms with Gasteiger partial charge in [0.2, 0.25) is 5.91 Å². The van der Waals surface area contributed by atoms with Gasteiger partial charge in [-0.25, -0.2) is 4.39 Å². The van der Waals surface area contributed by atoms with Crippen molar-refractivity contribution in [3.8, 4) is 0 Å². The lowest BCUT2D eigenvalue weighted by Gasteiger charge is -2.07. The second kappa shape index (κ2) is 5.55. The molecular formula is C20H17FN2O2. The second-order valence-corrected chi connectivity index (χ2v) is 6.58. The van der Waals surface area contributed by atoms with Crippen molar-refractivity contribution in [2.75, 3.05) is 17.2 Å². The fourth-order valence-electron chi connectivity index (χ4n) is 3.30. The summed E-state index contributed by atoms with van der Waals surface area (Å²) >= 11 is 0. The van der Waals surface area contributed by atoms with Gasteiger partial charge in [0, 0.05) is 36.0 Å². The fraction of sp³-hybridized carbons (Fsp3) is 0.200. The van der Waals surface area contributed by atoms with E-state index >= 15 is 0 Å². The first kappa shape index (κ1) is 15.6. The van der Waals surface area contributed by atoms with Crippen molar-refractivity contribution in [2.24, 2.45) is 0 Å². The predicted octanol–water partition coefficient (Wildman–Crippen LogP) is 3.42. The molecule has 0 saturated heterocycles. The molecular weight excluding hydrogens is 319 g/mol. The van der Waals surface area contributed by atoms with E-state index in [0.29, 0.717) is 24.2 Å². The molecule has 2 aliphatic rings. The molecule has 0 aromatic heterocycles. The van der Waals surface area contributed by atoms with Gasteiger partial charge in [0.25, 0.3) is 0 Å². The zero-order valence-corrected chi connectivity index (χ0v) is 13.7. The Bertz CT molecular complexity index is 935. The SMILES string of the molecule is Cc1c(F)cccc1NC(=O)/C=C/c1ccc2c(c1)NCC21CC1=O. The summed E-state index contributed by atoms with van der Waals surface area (Å²) in [5.74, 6) is -0.391. The lowest BCUT2D eigenvalue weighted by Crippen LogP contribution is -2.12. The molecule has 4 nitrogen and oxygen atoms in total. The average Bonchev–Trinajstić information content (AvgIpc) is 3.11. The van der Waals surface area contributed by atoms with Crippen LogP contribution in [0.3, 0.4) is 0 Å². The number of hydrogen-bond acceptors (Lipinski definition) is 3. The number of Topliss-reactive ketones (excluding diaryl/α,β-unsaturated/α-hetero) is 1. The molecule has 1 aliphatic carbocycles. The summed E-state index contributed by atoms with van der Waals surface area (Å²) < 4.78 is 13.5. The van der Waals surface area contributed by atoms with Gasteiger partial charge in [-0.05, 0) is 42.3 Å². The van der Waals surface area contributed by atoms with Crippen molar-refractivity contribution < 1.29 is 14.0 Å². The molecule has 0 bridgehead atoms. The van der Waals surface area contributed by atoms with Crippen LogP contribution in [-0.4, -0.2) is 18.2 Å². The van der Waals surface area contributed by atoms with Crippen molar-refractivity contribution in [3.63, 3.8) is 0 Å². The molecule has 1 saturated carbocycles. The number of anilines is 2. The molecule has 1 atom stereocenters. The highest BCUT2D eigenvalue weighted by Gasteiger charge is 2.58. The van der Waals surface area contributed by atoms with Crippen LogP contribution in [0.4, 0.5) is 15.8 Å². The maximum absolute atomic E-state index is 13.5. The molecule has 2 aromatic rings. The van der Waals surface area contributed by atoms with Crippen LogP contribution in [0.15, 0.2) is 42.5 Å². The maximum Gasteiger partial charge on any atom is 0.248 e. The van der Waals surface area contributed by atoms with Gasteiger partial charge in [-0.15, -0.1) is 0 Å². The first-order valence-corrected chi connectivity index (χ1v) is 8.15. The van der Waals surface area contributed by atoms with Gasteiger partial charge in [0.15, 0.2) is 0 Å². The third-order valence-corrected chi connectivity index (χ3v) is 4.96. The first-order chi connectivity index (χ1) is 12.0. The van der Waals surface area contributed by atoms with Gasteiger partial charge >= 0.3 is 0 Å². The second-order valence-electron chi connectivity index (χ2n) is 6.58. The molecule has 5 heteroatoms. The molecule has 126 valence electrons. The van der Waals surface area contributed by atoms with E-state index < -0.39 is 0 Å². The van der Waals surface area contributed by atoms with E-state index in [1.807, 2.05) is 18.2 Å². The standard InChI is InChI=1S/C20H17FN2O2/c1-12-15(21)3-2-4-16(12)23-19(25)8-6-13-5-7-14-17(9-13)22-11-20(14)10-18(20)24/h2-9,22H,10-11H2,1H3,(H,23,25)/b8-6+. The van der Waals surface area contributed by atoms with Gasteiger partial charge in [0.1, 0.15) is 11.6 Å². The van der Waals surface area contributed by atoms with Crippen molar-refractivity contribution in [2.45, 2.75) is 18.8 Å². The predicted molar refractivity (Wildman–Crippen MR) is 95.0 cm³/mol. The van der Waals surface area contributed by atoms with Crippen LogP contribution in [0.5, 0.6) is 0 Å². The quantitative estimate of drug-likeness (QED) is 0.845. The molecule has 1 fully saturated rings. The first-order valence-electron chi connectivity index (χ1n) is 8.15. The summed E-state index contributed by atoms with van der Waals surface area (Å²) in [5, 5.41) is 5.94. The number of carbonyl (C=O) groups is 2. The third-order valence-electron chi connectivity index (χ3n) is 4.96. The van der Waals surface area contributed by atoms with E-state index in [2.05, 4.69) is 10.6 Å². The van der Waals surface area contributed by atoms with Gasteiger partial charge < -0.3 is 10.6 Å². The summed E-state index contributed by atoms with van der Waals surface area (Å²) in [7, 11) is 0. The van der Waals surface area contributed by atoms with Crippen LogP contribution in [0.2, 0.25) is 0 Å². The Morgan fingerprint density at radius 1 is 1.32 bits per heavy atom.